The molecule has 22 heavy (non-hydrogen) atoms. The summed E-state index contributed by atoms with van der Waals surface area (Å²) in [6, 6.07) is 0. The van der Waals surface area contributed by atoms with E-state index in [1.165, 1.54) is 17.9 Å². The zero-order chi connectivity index (χ0) is 16.1. The maximum absolute atomic E-state index is 10.5. The van der Waals surface area contributed by atoms with E-state index >= 15 is 0 Å². The summed E-state index contributed by atoms with van der Waals surface area (Å²) in [7, 11) is 0. The monoisotopic (exact) mass is 311 g/mol. The fourth-order valence-corrected chi connectivity index (χ4v) is 2.74. The van der Waals surface area contributed by atoms with Crippen LogP contribution in [0.5, 0.6) is 0 Å². The average Bonchev–Trinajstić information content (AvgIpc) is 2.95. The fourth-order valence-electron chi connectivity index (χ4n) is 2.74. The first-order valence-corrected chi connectivity index (χ1v) is 6.68. The van der Waals surface area contributed by atoms with Gasteiger partial charge in [-0.3, -0.25) is 10.7 Å². The molecule has 0 radical (unpaired) electrons. The van der Waals surface area contributed by atoms with Crippen molar-refractivity contribution in [2.24, 2.45) is 0 Å². The van der Waals surface area contributed by atoms with Crippen LogP contribution in [-0.2, 0) is 4.74 Å². The van der Waals surface area contributed by atoms with E-state index in [9.17, 15) is 15.3 Å². The van der Waals surface area contributed by atoms with Gasteiger partial charge < -0.3 is 20.1 Å². The SMILES string of the molecule is Cc1nn(C2O[C@H](CO)[C@@H](O)[C@@]2(C)O)c2ncnc(NO)c12. The number of fused-ring (bicyclic) bond motifs is 1. The van der Waals surface area contributed by atoms with Crippen LogP contribution in [0.4, 0.5) is 5.82 Å². The molecule has 5 N–H and O–H groups in total. The minimum atomic E-state index is -1.67. The van der Waals surface area contributed by atoms with Gasteiger partial charge in [0.1, 0.15) is 24.1 Å². The zero-order valence-corrected chi connectivity index (χ0v) is 12.0. The molecule has 1 fully saturated rings. The molecule has 0 bridgehead atoms. The molecular formula is C12H17N5O5. The third kappa shape index (κ3) is 1.96. The minimum absolute atomic E-state index is 0.172. The van der Waals surface area contributed by atoms with Gasteiger partial charge in [0.15, 0.2) is 17.7 Å². The Morgan fingerprint density at radius 3 is 2.77 bits per heavy atom. The van der Waals surface area contributed by atoms with Crippen molar-refractivity contribution in [3.63, 3.8) is 0 Å². The van der Waals surface area contributed by atoms with Crippen molar-refractivity contribution in [1.82, 2.24) is 19.7 Å². The van der Waals surface area contributed by atoms with E-state index in [0.717, 1.165) is 0 Å². The number of rotatable bonds is 3. The number of nitrogens with zero attached hydrogens (tertiary/aromatic N) is 4. The van der Waals surface area contributed by atoms with Crippen LogP contribution in [-0.4, -0.2) is 64.7 Å². The van der Waals surface area contributed by atoms with Crippen LogP contribution < -0.4 is 5.48 Å². The number of aliphatic hydroxyl groups is 3. The van der Waals surface area contributed by atoms with Crippen molar-refractivity contribution in [1.29, 1.82) is 0 Å². The summed E-state index contributed by atoms with van der Waals surface area (Å²) in [4.78, 5) is 7.99. The molecule has 0 aliphatic carbocycles. The molecule has 0 saturated carbocycles. The van der Waals surface area contributed by atoms with Gasteiger partial charge in [-0.15, -0.1) is 0 Å². The fraction of sp³-hybridized carbons (Fsp3) is 0.583. The number of aromatic nitrogens is 4. The summed E-state index contributed by atoms with van der Waals surface area (Å²) < 4.78 is 6.84. The van der Waals surface area contributed by atoms with Gasteiger partial charge in [0.2, 0.25) is 0 Å². The summed E-state index contributed by atoms with van der Waals surface area (Å²) in [5, 5.41) is 43.7. The highest BCUT2D eigenvalue weighted by Gasteiger charge is 2.53. The molecule has 0 aromatic carbocycles. The summed E-state index contributed by atoms with van der Waals surface area (Å²) in [6.07, 6.45) is -2.03. The first kappa shape index (κ1) is 15.1. The van der Waals surface area contributed by atoms with Crippen LogP contribution in [0.3, 0.4) is 0 Å². The van der Waals surface area contributed by atoms with Crippen LogP contribution in [0.25, 0.3) is 11.0 Å². The van der Waals surface area contributed by atoms with Crippen molar-refractivity contribution in [3.05, 3.63) is 12.0 Å². The normalized spacial score (nSPS) is 31.8. The second kappa shape index (κ2) is 5.11. The number of ether oxygens (including phenoxy) is 1. The summed E-state index contributed by atoms with van der Waals surface area (Å²) in [6.45, 7) is 2.64. The Hall–Kier alpha value is -1.85. The van der Waals surface area contributed by atoms with E-state index in [2.05, 4.69) is 15.1 Å². The van der Waals surface area contributed by atoms with Gasteiger partial charge in [-0.25, -0.2) is 14.6 Å². The van der Waals surface area contributed by atoms with Crippen LogP contribution in [0.15, 0.2) is 6.33 Å². The summed E-state index contributed by atoms with van der Waals surface area (Å²) >= 11 is 0. The molecule has 3 heterocycles. The van der Waals surface area contributed by atoms with Crippen molar-refractivity contribution in [2.45, 2.75) is 37.9 Å². The quantitative estimate of drug-likeness (QED) is 0.447. The topological polar surface area (TPSA) is 146 Å². The Morgan fingerprint density at radius 1 is 1.45 bits per heavy atom. The number of hydrogen-bond donors (Lipinski definition) is 5. The Labute approximate surface area is 125 Å². The first-order valence-electron chi connectivity index (χ1n) is 6.68. The molecule has 10 heteroatoms. The molecule has 2 aromatic rings. The van der Waals surface area contributed by atoms with Gasteiger partial charge in [0, 0.05) is 0 Å². The number of anilines is 1. The van der Waals surface area contributed by atoms with Gasteiger partial charge in [-0.2, -0.15) is 5.10 Å². The second-order valence-corrected chi connectivity index (χ2v) is 5.44. The highest BCUT2D eigenvalue weighted by atomic mass is 16.6. The molecule has 3 rings (SSSR count). The summed E-state index contributed by atoms with van der Waals surface area (Å²) in [5.41, 5.74) is 1.12. The lowest BCUT2D eigenvalue weighted by atomic mass is 9.97. The molecule has 1 aliphatic rings. The molecule has 1 unspecified atom stereocenters. The molecule has 10 nitrogen and oxygen atoms in total. The highest BCUT2D eigenvalue weighted by Crippen LogP contribution is 2.39. The maximum Gasteiger partial charge on any atom is 0.183 e. The molecule has 0 amide bonds. The van der Waals surface area contributed by atoms with Crippen molar-refractivity contribution in [2.75, 3.05) is 12.1 Å². The number of nitrogens with one attached hydrogen (secondary N) is 1. The predicted octanol–water partition coefficient (Wildman–Crippen LogP) is -1.06. The van der Waals surface area contributed by atoms with Crippen LogP contribution >= 0.6 is 0 Å². The predicted molar refractivity (Wildman–Crippen MR) is 73.1 cm³/mol. The molecule has 120 valence electrons. The molecule has 4 atom stereocenters. The molecule has 1 aliphatic heterocycles. The van der Waals surface area contributed by atoms with Crippen molar-refractivity contribution >= 4 is 16.9 Å². The standard InChI is InChI=1S/C12H17N5O5/c1-5-7-9(16-21)13-4-14-10(7)17(15-5)11-12(2,20)8(19)6(3-18)22-11/h4,6,8,11,18-21H,3H2,1-2H3,(H,13,14,16)/t6-,8-,11?,12-/m1/s1. The van der Waals surface area contributed by atoms with E-state index < -0.39 is 30.6 Å². The molecule has 2 aromatic heterocycles. The van der Waals surface area contributed by atoms with E-state index in [4.69, 9.17) is 9.94 Å². The molecular weight excluding hydrogens is 294 g/mol. The van der Waals surface area contributed by atoms with Gasteiger partial charge in [-0.1, -0.05) is 0 Å². The van der Waals surface area contributed by atoms with E-state index in [0.29, 0.717) is 16.7 Å². The average molecular weight is 311 g/mol. The lowest BCUT2D eigenvalue weighted by Crippen LogP contribution is -2.44. The largest absolute Gasteiger partial charge is 0.394 e. The van der Waals surface area contributed by atoms with Gasteiger partial charge in [0.05, 0.1) is 17.7 Å². The van der Waals surface area contributed by atoms with Crippen LogP contribution in [0.1, 0.15) is 18.8 Å². The molecule has 1 saturated heterocycles. The minimum Gasteiger partial charge on any atom is -0.394 e. The Balaban J connectivity index is 2.15. The van der Waals surface area contributed by atoms with E-state index in [-0.39, 0.29) is 5.82 Å². The smallest absolute Gasteiger partial charge is 0.183 e. The van der Waals surface area contributed by atoms with Gasteiger partial charge in [0.25, 0.3) is 0 Å². The van der Waals surface area contributed by atoms with E-state index in [1.807, 2.05) is 5.48 Å². The lowest BCUT2D eigenvalue weighted by molar-refractivity contribution is -0.100. The maximum atomic E-state index is 10.5. The number of hydrogen-bond acceptors (Lipinski definition) is 9. The second-order valence-electron chi connectivity index (χ2n) is 5.44. The van der Waals surface area contributed by atoms with Gasteiger partial charge in [-0.05, 0) is 13.8 Å². The number of aryl methyl sites for hydroxylation is 1. The summed E-state index contributed by atoms with van der Waals surface area (Å²) in [5.74, 6) is 0.172. The van der Waals surface area contributed by atoms with Crippen LogP contribution in [0.2, 0.25) is 0 Å². The first-order chi connectivity index (χ1) is 10.4. The van der Waals surface area contributed by atoms with Crippen molar-refractivity contribution < 1.29 is 25.3 Å². The molecule has 0 spiro atoms. The Morgan fingerprint density at radius 2 is 2.18 bits per heavy atom. The number of aliphatic hydroxyl groups excluding tert-OH is 2. The zero-order valence-electron chi connectivity index (χ0n) is 12.0. The third-order valence-electron chi connectivity index (χ3n) is 3.93. The van der Waals surface area contributed by atoms with Crippen molar-refractivity contribution in [3.8, 4) is 0 Å². The highest BCUT2D eigenvalue weighted by molar-refractivity contribution is 5.88. The Bertz CT molecular complexity index is 703. The van der Waals surface area contributed by atoms with E-state index in [1.54, 1.807) is 6.92 Å². The third-order valence-corrected chi connectivity index (χ3v) is 3.93. The van der Waals surface area contributed by atoms with Gasteiger partial charge >= 0.3 is 0 Å². The lowest BCUT2D eigenvalue weighted by Gasteiger charge is -2.26. The van der Waals surface area contributed by atoms with Crippen LogP contribution in [0, 0.1) is 6.92 Å². The Kier molecular flexibility index (Phi) is 3.50.